The van der Waals surface area contributed by atoms with Crippen molar-refractivity contribution in [1.82, 2.24) is 9.88 Å². The van der Waals surface area contributed by atoms with Crippen LogP contribution in [0.2, 0.25) is 0 Å². The molecule has 2 heterocycles. The number of carbonyl (C=O) groups is 1. The lowest BCUT2D eigenvalue weighted by molar-refractivity contribution is -0.137. The van der Waals surface area contributed by atoms with Gasteiger partial charge in [-0.3, -0.25) is 9.98 Å². The Hall–Kier alpha value is -3.27. The van der Waals surface area contributed by atoms with Crippen LogP contribution in [0.1, 0.15) is 27.9 Å². The zero-order valence-electron chi connectivity index (χ0n) is 18.0. The van der Waals surface area contributed by atoms with E-state index in [1.807, 2.05) is 23.1 Å². The van der Waals surface area contributed by atoms with Crippen molar-refractivity contribution < 1.29 is 27.8 Å². The van der Waals surface area contributed by atoms with Gasteiger partial charge < -0.3 is 14.7 Å². The molecule has 1 aliphatic carbocycles. The second-order valence-electron chi connectivity index (χ2n) is 7.79. The number of pyridine rings is 1. The lowest BCUT2D eigenvalue weighted by Gasteiger charge is -2.24. The van der Waals surface area contributed by atoms with Crippen molar-refractivity contribution in [3.8, 4) is 5.75 Å². The van der Waals surface area contributed by atoms with Crippen LogP contribution in [-0.2, 0) is 12.7 Å². The topological polar surface area (TPSA) is 75.0 Å². The standard InChI is InChI=1S/C24H22F3N3O3S/c25-24(26,27)18-8-6-16(7-9-18)15-30(23-29-20-4-1-2-5-21(20)34-23)10-3-11-33-19-12-17(22(31)32)13-28-14-19/h1-2,4-9,12-14,20-21H,3,10-11,15H2,(H,31,32). The van der Waals surface area contributed by atoms with E-state index in [1.165, 1.54) is 30.6 Å². The minimum atomic E-state index is -4.37. The van der Waals surface area contributed by atoms with Gasteiger partial charge in [0.25, 0.3) is 0 Å². The second kappa shape index (κ2) is 10.3. The minimum Gasteiger partial charge on any atom is -0.492 e. The van der Waals surface area contributed by atoms with Crippen molar-refractivity contribution in [3.05, 3.63) is 83.7 Å². The molecule has 6 nitrogen and oxygen atoms in total. The number of aromatic carboxylic acids is 1. The third kappa shape index (κ3) is 5.99. The molecule has 2 aromatic rings. The minimum absolute atomic E-state index is 0.0428. The fourth-order valence-corrected chi connectivity index (χ4v) is 4.75. The highest BCUT2D eigenvalue weighted by Crippen LogP contribution is 2.33. The molecular weight excluding hydrogens is 467 g/mol. The van der Waals surface area contributed by atoms with Crippen molar-refractivity contribution in [1.29, 1.82) is 0 Å². The van der Waals surface area contributed by atoms with E-state index in [0.29, 0.717) is 31.9 Å². The highest BCUT2D eigenvalue weighted by atomic mass is 32.2. The third-order valence-electron chi connectivity index (χ3n) is 5.28. The predicted octanol–water partition coefficient (Wildman–Crippen LogP) is 5.04. The maximum Gasteiger partial charge on any atom is 0.416 e. The summed E-state index contributed by atoms with van der Waals surface area (Å²) in [6.07, 6.45) is 6.99. The van der Waals surface area contributed by atoms with Crippen LogP contribution in [-0.4, -0.2) is 50.6 Å². The average molecular weight is 490 g/mol. The largest absolute Gasteiger partial charge is 0.492 e. The van der Waals surface area contributed by atoms with Crippen LogP contribution in [0.25, 0.3) is 0 Å². The first-order valence-corrected chi connectivity index (χ1v) is 11.5. The number of fused-ring (bicyclic) bond motifs is 1. The van der Waals surface area contributed by atoms with E-state index in [1.54, 1.807) is 11.8 Å². The Morgan fingerprint density at radius 3 is 2.62 bits per heavy atom. The van der Waals surface area contributed by atoms with Gasteiger partial charge in [0, 0.05) is 19.3 Å². The van der Waals surface area contributed by atoms with Gasteiger partial charge in [0.15, 0.2) is 5.17 Å². The Morgan fingerprint density at radius 1 is 1.15 bits per heavy atom. The number of hydrogen-bond donors (Lipinski definition) is 1. The monoisotopic (exact) mass is 489 g/mol. The second-order valence-corrected chi connectivity index (χ2v) is 8.93. The van der Waals surface area contributed by atoms with E-state index >= 15 is 0 Å². The molecule has 0 amide bonds. The van der Waals surface area contributed by atoms with Crippen molar-refractivity contribution in [2.45, 2.75) is 30.4 Å². The Labute approximate surface area is 198 Å². The summed E-state index contributed by atoms with van der Waals surface area (Å²) in [5.41, 5.74) is 0.112. The zero-order valence-corrected chi connectivity index (χ0v) is 18.8. The number of benzene rings is 1. The average Bonchev–Trinajstić information content (AvgIpc) is 3.25. The van der Waals surface area contributed by atoms with Crippen molar-refractivity contribution in [3.63, 3.8) is 0 Å². The fourth-order valence-electron chi connectivity index (χ4n) is 3.56. The summed E-state index contributed by atoms with van der Waals surface area (Å²) in [6.45, 7) is 1.29. The van der Waals surface area contributed by atoms with Crippen LogP contribution < -0.4 is 4.74 Å². The third-order valence-corrected chi connectivity index (χ3v) is 6.57. The number of carboxylic acids is 1. The van der Waals surface area contributed by atoms with Gasteiger partial charge in [0.2, 0.25) is 0 Å². The molecule has 0 fully saturated rings. The van der Waals surface area contributed by atoms with Gasteiger partial charge in [-0.1, -0.05) is 48.2 Å². The molecule has 0 radical (unpaired) electrons. The number of ether oxygens (including phenoxy) is 1. The number of rotatable bonds is 8. The lowest BCUT2D eigenvalue weighted by Crippen LogP contribution is -2.30. The first kappa shape index (κ1) is 23.9. The van der Waals surface area contributed by atoms with Gasteiger partial charge in [-0.15, -0.1) is 0 Å². The van der Waals surface area contributed by atoms with Crippen molar-refractivity contribution in [2.75, 3.05) is 13.2 Å². The summed E-state index contributed by atoms with van der Waals surface area (Å²) >= 11 is 1.63. The Bertz CT molecular complexity index is 1120. The van der Waals surface area contributed by atoms with Crippen LogP contribution in [0, 0.1) is 0 Å². The van der Waals surface area contributed by atoms with E-state index in [0.717, 1.165) is 22.9 Å². The van der Waals surface area contributed by atoms with Crippen molar-refractivity contribution in [2.24, 2.45) is 4.99 Å². The number of amidine groups is 1. The van der Waals surface area contributed by atoms with Gasteiger partial charge in [-0.25, -0.2) is 4.79 Å². The Morgan fingerprint density at radius 2 is 1.91 bits per heavy atom. The zero-order chi connectivity index (χ0) is 24.1. The first-order chi connectivity index (χ1) is 16.3. The van der Waals surface area contributed by atoms with Crippen molar-refractivity contribution >= 4 is 22.9 Å². The van der Waals surface area contributed by atoms with Gasteiger partial charge in [0.1, 0.15) is 5.75 Å². The fraction of sp³-hybridized carbons (Fsp3) is 0.292. The molecule has 2 unspecified atom stereocenters. The van der Waals surface area contributed by atoms with Crippen LogP contribution in [0.4, 0.5) is 13.2 Å². The maximum atomic E-state index is 12.9. The molecular formula is C24H22F3N3O3S. The summed E-state index contributed by atoms with van der Waals surface area (Å²) in [5, 5.41) is 10.1. The molecule has 10 heteroatoms. The van der Waals surface area contributed by atoms with Crippen LogP contribution in [0.5, 0.6) is 5.75 Å². The number of alkyl halides is 3. The number of nitrogens with zero attached hydrogens (tertiary/aromatic N) is 3. The smallest absolute Gasteiger partial charge is 0.416 e. The Balaban J connectivity index is 1.41. The van der Waals surface area contributed by atoms with E-state index in [2.05, 4.69) is 11.1 Å². The molecule has 0 spiro atoms. The number of carboxylic acid groups (broad SMARTS) is 1. The molecule has 1 aromatic carbocycles. The summed E-state index contributed by atoms with van der Waals surface area (Å²) in [6, 6.07) is 6.61. The summed E-state index contributed by atoms with van der Waals surface area (Å²) in [7, 11) is 0. The van der Waals surface area contributed by atoms with Gasteiger partial charge in [-0.2, -0.15) is 13.2 Å². The highest BCUT2D eigenvalue weighted by Gasteiger charge is 2.31. The quantitative estimate of drug-likeness (QED) is 0.524. The molecule has 0 bridgehead atoms. The van der Waals surface area contributed by atoms with Crippen LogP contribution in [0.15, 0.2) is 72.0 Å². The number of thioether (sulfide) groups is 1. The Kier molecular flexibility index (Phi) is 7.26. The summed E-state index contributed by atoms with van der Waals surface area (Å²) in [4.78, 5) is 21.8. The van der Waals surface area contributed by atoms with E-state index < -0.39 is 17.7 Å². The lowest BCUT2D eigenvalue weighted by atomic mass is 10.1. The van der Waals surface area contributed by atoms with Crippen LogP contribution in [0.3, 0.4) is 0 Å². The molecule has 1 N–H and O–H groups in total. The van der Waals surface area contributed by atoms with Crippen LogP contribution >= 0.6 is 11.8 Å². The van der Waals surface area contributed by atoms with E-state index in [9.17, 15) is 18.0 Å². The summed E-state index contributed by atoms with van der Waals surface area (Å²) < 4.78 is 44.4. The van der Waals surface area contributed by atoms with E-state index in [-0.39, 0.29) is 16.9 Å². The number of aliphatic imine (C=N–C) groups is 1. The molecule has 0 saturated carbocycles. The summed E-state index contributed by atoms with van der Waals surface area (Å²) in [5.74, 6) is -0.718. The number of allylic oxidation sites excluding steroid dienone is 2. The highest BCUT2D eigenvalue weighted by molar-refractivity contribution is 8.14. The maximum absolute atomic E-state index is 12.9. The first-order valence-electron chi connectivity index (χ1n) is 10.6. The molecule has 4 rings (SSSR count). The molecule has 34 heavy (non-hydrogen) atoms. The molecule has 178 valence electrons. The SMILES string of the molecule is O=C(O)c1cncc(OCCCN(Cc2ccc(C(F)(F)F)cc2)C2=NC3C=CC=CC3S2)c1. The molecule has 1 aromatic heterocycles. The van der Waals surface area contributed by atoms with Gasteiger partial charge in [0.05, 0.1) is 35.2 Å². The number of aromatic nitrogens is 1. The number of halogens is 3. The molecule has 0 saturated heterocycles. The van der Waals surface area contributed by atoms with E-state index in [4.69, 9.17) is 14.8 Å². The molecule has 2 aliphatic rings. The molecule has 1 aliphatic heterocycles. The normalized spacial score (nSPS) is 19.0. The molecule has 2 atom stereocenters. The van der Waals surface area contributed by atoms with Gasteiger partial charge in [-0.05, 0) is 30.2 Å². The van der Waals surface area contributed by atoms with Gasteiger partial charge >= 0.3 is 12.1 Å². The number of hydrogen-bond acceptors (Lipinski definition) is 6. The predicted molar refractivity (Wildman–Crippen MR) is 124 cm³/mol.